The van der Waals surface area contributed by atoms with Gasteiger partial charge in [-0.15, -0.1) is 0 Å². The van der Waals surface area contributed by atoms with Gasteiger partial charge in [0.25, 0.3) is 0 Å². The van der Waals surface area contributed by atoms with Crippen LogP contribution in [0, 0.1) is 0 Å². The Hall–Kier alpha value is -1.80. The number of aromatic nitrogens is 2. The van der Waals surface area contributed by atoms with Crippen LogP contribution in [0.15, 0.2) is 0 Å². The van der Waals surface area contributed by atoms with Crippen LogP contribution in [0.3, 0.4) is 0 Å². The van der Waals surface area contributed by atoms with Crippen molar-refractivity contribution in [2.45, 2.75) is 39.2 Å². The molecule has 9 heteroatoms. The molecule has 0 aliphatic heterocycles. The van der Waals surface area contributed by atoms with Crippen LogP contribution < -0.4 is 5.73 Å². The Labute approximate surface area is 112 Å². The molecular formula is C11H15F4N3O2. The molecule has 114 valence electrons. The average molecular weight is 297 g/mol. The molecule has 1 aromatic rings. The first kappa shape index (κ1) is 16.3. The molecule has 0 radical (unpaired) electrons. The lowest BCUT2D eigenvalue weighted by atomic mass is 10.3. The maximum atomic E-state index is 13.1. The van der Waals surface area contributed by atoms with Gasteiger partial charge in [-0.1, -0.05) is 6.92 Å². The number of hydrogen-bond donors (Lipinski definition) is 1. The predicted octanol–water partition coefficient (Wildman–Crippen LogP) is 2.10. The van der Waals surface area contributed by atoms with Gasteiger partial charge in [0.15, 0.2) is 5.69 Å². The summed E-state index contributed by atoms with van der Waals surface area (Å²) in [6, 6.07) is 0. The quantitative estimate of drug-likeness (QED) is 0.645. The van der Waals surface area contributed by atoms with Crippen molar-refractivity contribution in [2.24, 2.45) is 0 Å². The fourth-order valence-corrected chi connectivity index (χ4v) is 1.59. The molecule has 0 amide bonds. The Morgan fingerprint density at radius 2 is 2.05 bits per heavy atom. The number of halogens is 4. The first-order chi connectivity index (χ1) is 9.24. The molecule has 0 saturated carbocycles. The Kier molecular flexibility index (Phi) is 4.96. The number of nitrogen functional groups attached to an aromatic ring is 1. The second kappa shape index (κ2) is 6.10. The second-order valence-electron chi connectivity index (χ2n) is 3.98. The van der Waals surface area contributed by atoms with E-state index in [0.29, 0.717) is 0 Å². The van der Waals surface area contributed by atoms with Crippen molar-refractivity contribution < 1.29 is 27.1 Å². The maximum absolute atomic E-state index is 13.1. The molecule has 1 aromatic heterocycles. The predicted molar refractivity (Wildman–Crippen MR) is 62.9 cm³/mol. The lowest BCUT2D eigenvalue weighted by Gasteiger charge is -2.18. The fourth-order valence-electron chi connectivity index (χ4n) is 1.59. The van der Waals surface area contributed by atoms with E-state index in [-0.39, 0.29) is 24.5 Å². The zero-order valence-corrected chi connectivity index (χ0v) is 11.0. The number of carbonyl (C=O) groups excluding carboxylic acids is 1. The molecular weight excluding hydrogens is 282 g/mol. The van der Waals surface area contributed by atoms with Crippen molar-refractivity contribution in [3.05, 3.63) is 11.5 Å². The SMILES string of the molecule is CCOC(=O)c1nc(CC)n(CC(F)(F)C(F)F)c1N. The maximum Gasteiger partial charge on any atom is 0.360 e. The number of ether oxygens (including phenoxy) is 1. The number of alkyl halides is 4. The lowest BCUT2D eigenvalue weighted by Crippen LogP contribution is -2.33. The van der Waals surface area contributed by atoms with Gasteiger partial charge in [0, 0.05) is 6.42 Å². The van der Waals surface area contributed by atoms with Crippen LogP contribution in [0.4, 0.5) is 23.4 Å². The summed E-state index contributed by atoms with van der Waals surface area (Å²) in [5.41, 5.74) is 5.20. The van der Waals surface area contributed by atoms with Gasteiger partial charge in [-0.05, 0) is 6.92 Å². The standard InChI is InChI=1S/C11H15F4N3O2/c1-3-6-17-7(9(19)20-4-2)8(16)18(6)5-11(14,15)10(12)13/h10H,3-5,16H2,1-2H3. The number of rotatable bonds is 6. The van der Waals surface area contributed by atoms with Gasteiger partial charge >= 0.3 is 18.3 Å². The molecule has 0 spiro atoms. The zero-order valence-electron chi connectivity index (χ0n) is 11.0. The summed E-state index contributed by atoms with van der Waals surface area (Å²) in [5.74, 6) is -5.52. The highest BCUT2D eigenvalue weighted by molar-refractivity contribution is 5.92. The molecule has 0 aliphatic carbocycles. The van der Waals surface area contributed by atoms with E-state index in [9.17, 15) is 22.4 Å². The van der Waals surface area contributed by atoms with Crippen molar-refractivity contribution >= 4 is 11.8 Å². The second-order valence-corrected chi connectivity index (χ2v) is 3.98. The molecule has 2 N–H and O–H groups in total. The lowest BCUT2D eigenvalue weighted by molar-refractivity contribution is -0.137. The highest BCUT2D eigenvalue weighted by atomic mass is 19.3. The summed E-state index contributed by atoms with van der Waals surface area (Å²) >= 11 is 0. The first-order valence-corrected chi connectivity index (χ1v) is 5.92. The van der Waals surface area contributed by atoms with Gasteiger partial charge in [-0.3, -0.25) is 0 Å². The van der Waals surface area contributed by atoms with Crippen LogP contribution in [0.25, 0.3) is 0 Å². The van der Waals surface area contributed by atoms with Gasteiger partial charge in [-0.25, -0.2) is 18.6 Å². The average Bonchev–Trinajstić information content (AvgIpc) is 2.66. The minimum absolute atomic E-state index is 0.0193. The summed E-state index contributed by atoms with van der Waals surface area (Å²) in [7, 11) is 0. The van der Waals surface area contributed by atoms with E-state index in [1.165, 1.54) is 0 Å². The van der Waals surface area contributed by atoms with Crippen molar-refractivity contribution in [1.82, 2.24) is 9.55 Å². The minimum Gasteiger partial charge on any atom is -0.461 e. The zero-order chi connectivity index (χ0) is 15.5. The Morgan fingerprint density at radius 3 is 2.50 bits per heavy atom. The van der Waals surface area contributed by atoms with Crippen molar-refractivity contribution in [2.75, 3.05) is 12.3 Å². The molecule has 0 fully saturated rings. The van der Waals surface area contributed by atoms with E-state index in [2.05, 4.69) is 9.72 Å². The molecule has 0 saturated heterocycles. The Morgan fingerprint density at radius 1 is 1.45 bits per heavy atom. The highest BCUT2D eigenvalue weighted by Crippen LogP contribution is 2.28. The Bertz CT molecular complexity index is 488. The van der Waals surface area contributed by atoms with Crippen LogP contribution >= 0.6 is 0 Å². The number of imidazole rings is 1. The van der Waals surface area contributed by atoms with Crippen molar-refractivity contribution in [1.29, 1.82) is 0 Å². The van der Waals surface area contributed by atoms with E-state index in [1.807, 2.05) is 0 Å². The molecule has 1 rings (SSSR count). The van der Waals surface area contributed by atoms with Crippen LogP contribution in [0.2, 0.25) is 0 Å². The molecule has 1 heterocycles. The number of esters is 1. The number of carbonyl (C=O) groups is 1. The van der Waals surface area contributed by atoms with E-state index in [1.54, 1.807) is 13.8 Å². The largest absolute Gasteiger partial charge is 0.461 e. The first-order valence-electron chi connectivity index (χ1n) is 5.92. The van der Waals surface area contributed by atoms with Gasteiger partial charge in [0.1, 0.15) is 11.6 Å². The van der Waals surface area contributed by atoms with Crippen LogP contribution in [-0.4, -0.2) is 34.5 Å². The third-order valence-corrected chi connectivity index (χ3v) is 2.56. The summed E-state index contributed by atoms with van der Waals surface area (Å²) in [5, 5.41) is 0. The van der Waals surface area contributed by atoms with E-state index in [4.69, 9.17) is 5.73 Å². The normalized spacial score (nSPS) is 11.9. The molecule has 0 atom stereocenters. The molecule has 5 nitrogen and oxygen atoms in total. The third kappa shape index (κ3) is 3.20. The van der Waals surface area contributed by atoms with Crippen LogP contribution in [-0.2, 0) is 17.7 Å². The topological polar surface area (TPSA) is 70.1 Å². The van der Waals surface area contributed by atoms with Crippen LogP contribution in [0.5, 0.6) is 0 Å². The summed E-state index contributed by atoms with van der Waals surface area (Å²) in [6.45, 7) is 1.84. The molecule has 0 unspecified atom stereocenters. The number of hydrogen-bond acceptors (Lipinski definition) is 4. The smallest absolute Gasteiger partial charge is 0.360 e. The number of anilines is 1. The van der Waals surface area contributed by atoms with Crippen molar-refractivity contribution in [3.63, 3.8) is 0 Å². The van der Waals surface area contributed by atoms with E-state index >= 15 is 0 Å². The summed E-state index contributed by atoms with van der Waals surface area (Å²) < 4.78 is 56.1. The van der Waals surface area contributed by atoms with Gasteiger partial charge in [0.05, 0.1) is 13.2 Å². The van der Waals surface area contributed by atoms with Crippen molar-refractivity contribution in [3.8, 4) is 0 Å². The van der Waals surface area contributed by atoms with Crippen LogP contribution in [0.1, 0.15) is 30.2 Å². The van der Waals surface area contributed by atoms with Gasteiger partial charge in [0.2, 0.25) is 0 Å². The fraction of sp³-hybridized carbons (Fsp3) is 0.636. The van der Waals surface area contributed by atoms with E-state index in [0.717, 1.165) is 4.57 Å². The summed E-state index contributed by atoms with van der Waals surface area (Å²) in [4.78, 5) is 15.3. The summed E-state index contributed by atoms with van der Waals surface area (Å²) in [6.07, 6.45) is -3.68. The monoisotopic (exact) mass is 297 g/mol. The molecule has 0 bridgehead atoms. The third-order valence-electron chi connectivity index (χ3n) is 2.56. The molecule has 0 aromatic carbocycles. The minimum atomic E-state index is -4.26. The van der Waals surface area contributed by atoms with Gasteiger partial charge < -0.3 is 15.0 Å². The molecule has 20 heavy (non-hydrogen) atoms. The Balaban J connectivity index is 3.16. The van der Waals surface area contributed by atoms with Gasteiger partial charge in [-0.2, -0.15) is 8.78 Å². The number of aryl methyl sites for hydroxylation is 1. The highest BCUT2D eigenvalue weighted by Gasteiger charge is 2.42. The van der Waals surface area contributed by atoms with E-state index < -0.39 is 30.7 Å². The number of nitrogens with zero attached hydrogens (tertiary/aromatic N) is 2. The molecule has 0 aliphatic rings. The number of nitrogens with two attached hydrogens (primary N) is 1.